The molecule has 14 nitrogen and oxygen atoms in total. The molecular weight excluding hydrogens is 932 g/mol. The Bertz CT molecular complexity index is 2820. The molecule has 1 saturated heterocycles. The zero-order valence-electron chi connectivity index (χ0n) is 34.2. The average Bonchev–Trinajstić information content (AvgIpc) is 3.28. The summed E-state index contributed by atoms with van der Waals surface area (Å²) in [7, 11) is 4.82. The van der Waals surface area contributed by atoms with Gasteiger partial charge in [0.05, 0.1) is 24.7 Å². The molecule has 4 aromatic heterocycles. The van der Waals surface area contributed by atoms with Gasteiger partial charge in [-0.05, 0) is 43.0 Å². The Morgan fingerprint density at radius 3 is 2.18 bits per heavy atom. The van der Waals surface area contributed by atoms with Crippen molar-refractivity contribution < 1.29 is 35.5 Å². The van der Waals surface area contributed by atoms with E-state index in [2.05, 4.69) is 33.5 Å². The summed E-state index contributed by atoms with van der Waals surface area (Å²) in [4.78, 5) is 60.7. The molecule has 0 amide bonds. The van der Waals surface area contributed by atoms with Crippen molar-refractivity contribution in [3.05, 3.63) is 103 Å². The van der Waals surface area contributed by atoms with Gasteiger partial charge in [0, 0.05) is 38.3 Å². The molecule has 0 radical (unpaired) electrons. The topological polar surface area (TPSA) is 158 Å². The number of ether oxygens (including phenoxy) is 2. The van der Waals surface area contributed by atoms with Gasteiger partial charge in [-0.15, -0.1) is 0 Å². The van der Waals surface area contributed by atoms with Crippen molar-refractivity contribution in [2.45, 2.75) is 39.0 Å². The summed E-state index contributed by atoms with van der Waals surface area (Å²) < 4.78 is 16.6. The minimum Gasteiger partial charge on any atom is -0.491 e. The predicted molar refractivity (Wildman–Crippen MR) is 237 cm³/mol. The van der Waals surface area contributed by atoms with Crippen molar-refractivity contribution in [3.8, 4) is 11.5 Å². The van der Waals surface area contributed by atoms with Crippen LogP contribution in [-0.2, 0) is 25.3 Å². The van der Waals surface area contributed by atoms with Crippen molar-refractivity contribution in [3.63, 3.8) is 0 Å². The van der Waals surface area contributed by atoms with E-state index >= 15 is 0 Å². The Morgan fingerprint density at radius 1 is 0.885 bits per heavy atom. The van der Waals surface area contributed by atoms with Crippen molar-refractivity contribution in [1.29, 1.82) is 0 Å². The van der Waals surface area contributed by atoms with E-state index in [4.69, 9.17) is 47.6 Å². The Labute approximate surface area is 372 Å². The molecule has 0 atom stereocenters. The van der Waals surface area contributed by atoms with Gasteiger partial charge >= 0.3 is 149 Å². The number of fused-ring (bicyclic) bond motifs is 2. The molecule has 6 heterocycles. The Balaban J connectivity index is 1.03. The molecule has 8 rings (SSSR count). The standard InChI is InChI=1S/C44H45Cl2IN9O5/c1-5-25-12-16-56(17-13-25)44-51-33(38(46)41(53-44)50-30-7-9-34-27(18-30)20-36(60-4)42(58)54(34)2)22-31(57)24-61-37-21-28-19-29(6-8-35(28)55(3)43(37)59)49-40-32(45)23-48-39(52-40)26-10-14-47-15-11-26/h6-10,18-21,23,25H,5,11-17,22,24H2,1-4H3,(H,48,49,52)(H,50,51,53)/q-1. The van der Waals surface area contributed by atoms with Gasteiger partial charge in [-0.2, -0.15) is 4.98 Å². The van der Waals surface area contributed by atoms with Gasteiger partial charge < -0.3 is 24.3 Å². The summed E-state index contributed by atoms with van der Waals surface area (Å²) in [6.45, 7) is 3.36. The molecule has 318 valence electrons. The van der Waals surface area contributed by atoms with E-state index in [-0.39, 0.29) is 67.7 Å². The van der Waals surface area contributed by atoms with E-state index in [0.717, 1.165) is 59.7 Å². The van der Waals surface area contributed by atoms with E-state index < -0.39 is 0 Å². The molecule has 0 unspecified atom stereocenters. The molecule has 0 aliphatic carbocycles. The van der Waals surface area contributed by atoms with Crippen LogP contribution in [0.1, 0.15) is 44.1 Å². The number of carbonyl (C=O) groups excluding carboxylic acids is 1. The number of alkyl halides is 2. The number of halogens is 3. The maximum atomic E-state index is 13.7. The summed E-state index contributed by atoms with van der Waals surface area (Å²) in [6, 6.07) is 14.4. The van der Waals surface area contributed by atoms with Crippen LogP contribution in [0.2, 0.25) is 10.0 Å². The molecule has 6 aromatic rings. The van der Waals surface area contributed by atoms with Gasteiger partial charge in [0.1, 0.15) is 11.6 Å². The number of carbonyl (C=O) groups is 1. The third-order valence-electron chi connectivity index (χ3n) is 11.2. The van der Waals surface area contributed by atoms with Crippen molar-refractivity contribution in [2.24, 2.45) is 20.0 Å². The third-order valence-corrected chi connectivity index (χ3v) is 14.3. The van der Waals surface area contributed by atoms with E-state index in [1.165, 1.54) is 20.7 Å². The Morgan fingerprint density at radius 2 is 1.54 bits per heavy atom. The first-order chi connectivity index (χ1) is 29.5. The van der Waals surface area contributed by atoms with Gasteiger partial charge in [0.25, 0.3) is 11.1 Å². The molecule has 0 bridgehead atoms. The van der Waals surface area contributed by atoms with E-state index in [1.54, 1.807) is 32.4 Å². The minimum absolute atomic E-state index is 0.0240. The summed E-state index contributed by atoms with van der Waals surface area (Å²) in [5.41, 5.74) is 3.62. The quantitative estimate of drug-likeness (QED) is 0.124. The fraction of sp³-hybridized carbons (Fsp3) is 0.341. The van der Waals surface area contributed by atoms with Crippen LogP contribution in [0.5, 0.6) is 11.5 Å². The molecule has 1 fully saturated rings. The van der Waals surface area contributed by atoms with Gasteiger partial charge in [-0.25, -0.2) is 4.98 Å². The van der Waals surface area contributed by atoms with Gasteiger partial charge in [0.2, 0.25) is 5.95 Å². The van der Waals surface area contributed by atoms with Crippen LogP contribution in [-0.4, -0.2) is 70.5 Å². The van der Waals surface area contributed by atoms with E-state index in [9.17, 15) is 14.4 Å². The zero-order chi connectivity index (χ0) is 42.8. The normalized spacial score (nSPS) is 14.7. The second kappa shape index (κ2) is 18.4. The van der Waals surface area contributed by atoms with Gasteiger partial charge in [0.15, 0.2) is 17.4 Å². The second-order valence-corrected chi connectivity index (χ2v) is 18.9. The number of anilines is 5. The van der Waals surface area contributed by atoms with Crippen molar-refractivity contribution >= 4 is 85.3 Å². The number of benzene rings is 2. The van der Waals surface area contributed by atoms with Crippen LogP contribution in [0.15, 0.2) is 70.4 Å². The summed E-state index contributed by atoms with van der Waals surface area (Å²) in [6.07, 6.45) is 7.78. The van der Waals surface area contributed by atoms with Crippen LogP contribution >= 0.6 is 23.2 Å². The number of nitrogens with zero attached hydrogens (tertiary/aromatic N) is 7. The molecule has 0 spiro atoms. The molecule has 17 heteroatoms. The monoisotopic (exact) mass is 976 g/mol. The minimum atomic E-state index is -0.388. The molecule has 2 aliphatic heterocycles. The molecular formula is C44H45Cl2IN9O5-. The number of allylic oxidation sites excluding steroid dienone is 2. The van der Waals surface area contributed by atoms with E-state index in [0.29, 0.717) is 62.3 Å². The van der Waals surface area contributed by atoms with Crippen LogP contribution in [0, 0.1) is 5.92 Å². The molecule has 2 aromatic carbocycles. The number of methoxy groups -OCH3 is 1. The number of rotatable bonds is 13. The summed E-state index contributed by atoms with van der Waals surface area (Å²) in [5, 5.41) is 8.70. The first kappa shape index (κ1) is 42.4. The predicted octanol–water partition coefficient (Wildman–Crippen LogP) is 4.47. The van der Waals surface area contributed by atoms with Crippen molar-refractivity contribution in [1.82, 2.24) is 29.1 Å². The Hall–Kier alpha value is -5.26. The molecule has 0 saturated carbocycles. The summed E-state index contributed by atoms with van der Waals surface area (Å²) in [5.74, 6) is 2.51. The number of piperidine rings is 1. The average molecular weight is 978 g/mol. The first-order valence-corrected chi connectivity index (χ1v) is 23.9. The summed E-state index contributed by atoms with van der Waals surface area (Å²) >= 11 is 13.7. The number of hydrogen-bond donors (Lipinski definition) is 2. The fourth-order valence-corrected chi connectivity index (χ4v) is 10.2. The number of aryl methyl sites for hydroxylation is 2. The molecule has 2 N–H and O–H groups in total. The number of Topliss-reactive ketones (excluding diaryl/α,β-unsaturated/α-hetero) is 1. The number of aromatic nitrogens is 6. The number of hydrogen-bond acceptors (Lipinski definition) is 12. The van der Waals surface area contributed by atoms with Gasteiger partial charge in [-0.1, -0.05) is 24.9 Å². The third kappa shape index (κ3) is 9.19. The molecule has 2 aliphatic rings. The SMILES string of the molecule is CCC1CCN(c2nc(CC(=O)COc3cc4cc(Nc5nc(C6=CC[I-]CC6)ncc5Cl)ccc4n(C)c3=O)c(Cl)c(Nc3ccc4c(c3)cc(OC)c(=O)n4C)n2)CC1. The zero-order valence-corrected chi connectivity index (χ0v) is 37.9. The number of ketones is 1. The molecule has 61 heavy (non-hydrogen) atoms. The van der Waals surface area contributed by atoms with E-state index in [1.807, 2.05) is 36.4 Å². The number of nitrogens with one attached hydrogen (secondary N) is 2. The number of pyridine rings is 2. The second-order valence-electron chi connectivity index (χ2n) is 15.1. The van der Waals surface area contributed by atoms with Crippen LogP contribution in [0.3, 0.4) is 0 Å². The maximum absolute atomic E-state index is 13.7. The van der Waals surface area contributed by atoms with Crippen LogP contribution < -0.4 is 57.3 Å². The Kier molecular flexibility index (Phi) is 12.8. The smallest absolute Gasteiger partial charge is 0.491 e. The van der Waals surface area contributed by atoms with Crippen LogP contribution in [0.4, 0.5) is 29.0 Å². The first-order valence-electron chi connectivity index (χ1n) is 20.1. The van der Waals surface area contributed by atoms with Crippen molar-refractivity contribution in [2.75, 3.05) is 51.2 Å². The van der Waals surface area contributed by atoms with Crippen LogP contribution in [0.25, 0.3) is 27.4 Å². The fourth-order valence-electron chi connectivity index (χ4n) is 7.65. The van der Waals surface area contributed by atoms with Gasteiger partial charge in [-0.3, -0.25) is 14.4 Å².